The molecule has 0 aliphatic carbocycles. The number of nitrogens with one attached hydrogen (secondary N) is 1. The molecule has 17 nitrogen and oxygen atoms in total. The van der Waals surface area contributed by atoms with Gasteiger partial charge in [0.05, 0.1) is 36.1 Å². The monoisotopic (exact) mass is 907 g/mol. The fourth-order valence-electron chi connectivity index (χ4n) is 9.34. The number of ketones is 1. The number of benzene rings is 1. The number of fused-ring (bicyclic) bond motifs is 1. The molecule has 2 aromatic rings. The third-order valence-corrected chi connectivity index (χ3v) is 12.8. The van der Waals surface area contributed by atoms with E-state index >= 15 is 0 Å². The van der Waals surface area contributed by atoms with Gasteiger partial charge in [0.15, 0.2) is 17.7 Å². The Labute approximate surface area is 375 Å². The molecule has 354 valence electrons. The number of amides is 2. The quantitative estimate of drug-likeness (QED) is 0.117. The maximum absolute atomic E-state index is 14.4. The number of hydrogen-bond acceptors (Lipinski definition) is 15. The number of nitrogens with zero attached hydrogens (tertiary/aromatic N) is 5. The van der Waals surface area contributed by atoms with Gasteiger partial charge >= 0.3 is 12.1 Å². The van der Waals surface area contributed by atoms with Gasteiger partial charge in [0.25, 0.3) is 0 Å². The highest BCUT2D eigenvalue weighted by Gasteiger charge is 2.59. The van der Waals surface area contributed by atoms with Crippen LogP contribution in [0, 0.1) is 17.8 Å². The van der Waals surface area contributed by atoms with Crippen molar-refractivity contribution in [3.63, 3.8) is 0 Å². The van der Waals surface area contributed by atoms with Crippen LogP contribution in [0.15, 0.2) is 30.5 Å². The number of rotatable bonds is 11. The lowest BCUT2D eigenvalue weighted by Gasteiger charge is -2.46. The summed E-state index contributed by atoms with van der Waals surface area (Å²) in [6, 6.07) is 5.70. The van der Waals surface area contributed by atoms with Crippen LogP contribution in [-0.4, -0.2) is 148 Å². The molecule has 0 spiro atoms. The summed E-state index contributed by atoms with van der Waals surface area (Å²) in [6.07, 6.45) is 0.253. The molecule has 4 heterocycles. The van der Waals surface area contributed by atoms with Gasteiger partial charge in [-0.15, -0.1) is 5.10 Å². The Balaban J connectivity index is 0.00000282. The van der Waals surface area contributed by atoms with Gasteiger partial charge in [-0.1, -0.05) is 38.1 Å². The predicted octanol–water partition coefficient (Wildman–Crippen LogP) is 5.04. The molecule has 0 radical (unpaired) electrons. The summed E-state index contributed by atoms with van der Waals surface area (Å²) < 4.78 is 43.1. The number of anilines is 1. The molecule has 3 saturated heterocycles. The average molecular weight is 908 g/mol. The number of nitrogens with two attached hydrogens (primary N) is 1. The first-order chi connectivity index (χ1) is 29.7. The number of unbranched alkanes of at least 4 members (excludes halogenated alkanes) is 1. The van der Waals surface area contributed by atoms with E-state index in [1.165, 1.54) is 20.3 Å². The predicted molar refractivity (Wildman–Crippen MR) is 237 cm³/mol. The number of aliphatic hydroxyl groups excluding tert-OH is 1. The lowest BCUT2D eigenvalue weighted by Crippen LogP contribution is -2.61. The highest BCUT2D eigenvalue weighted by atomic mass is 32.2. The number of carbonyl (C=O) groups excluding carboxylic acids is 4. The fraction of sp³-hybridized carbons (Fsp3) is 0.727. The van der Waals surface area contributed by atoms with Gasteiger partial charge in [0.2, 0.25) is 5.91 Å². The molecule has 5 rings (SSSR count). The van der Waals surface area contributed by atoms with E-state index in [1.807, 2.05) is 64.2 Å². The first-order valence-electron chi connectivity index (χ1n) is 21.8. The molecule has 3 aliphatic rings. The molecule has 13 atom stereocenters. The van der Waals surface area contributed by atoms with Crippen molar-refractivity contribution in [2.24, 2.45) is 17.8 Å². The number of hydrogen-bond donors (Lipinski definition) is 3. The van der Waals surface area contributed by atoms with Gasteiger partial charge in [-0.05, 0) is 93.0 Å². The van der Waals surface area contributed by atoms with Crippen LogP contribution in [0.4, 0.5) is 14.4 Å². The second-order valence-corrected chi connectivity index (χ2v) is 18.1. The van der Waals surface area contributed by atoms with Gasteiger partial charge in [-0.3, -0.25) is 24.0 Å². The van der Waals surface area contributed by atoms with Crippen molar-refractivity contribution in [1.29, 1.82) is 0 Å². The van der Waals surface area contributed by atoms with Crippen LogP contribution in [0.1, 0.15) is 87.5 Å². The Bertz CT molecular complexity index is 1860. The average Bonchev–Trinajstić information content (AvgIpc) is 3.81. The number of methoxy groups -OCH3 is 1. The van der Waals surface area contributed by atoms with E-state index in [2.05, 4.69) is 15.6 Å². The minimum atomic E-state index is -1.40. The molecule has 0 saturated carbocycles. The summed E-state index contributed by atoms with van der Waals surface area (Å²) in [5.41, 5.74) is 5.45. The van der Waals surface area contributed by atoms with Gasteiger partial charge < -0.3 is 44.7 Å². The second-order valence-electron chi connectivity index (χ2n) is 17.8. The Morgan fingerprint density at radius 3 is 2.38 bits per heavy atom. The molecule has 3 unspecified atom stereocenters. The molecular formula is C44H70FN7O10S. The smallest absolute Gasteiger partial charge is 0.410 e. The summed E-state index contributed by atoms with van der Waals surface area (Å²) >= 11 is 0.250. The number of cyclic esters (lactones) is 1. The molecular weight excluding hydrogens is 838 g/mol. The number of halogens is 1. The minimum Gasteiger partial charge on any atom is -0.458 e. The van der Waals surface area contributed by atoms with Gasteiger partial charge in [-0.2, -0.15) is 3.89 Å². The van der Waals surface area contributed by atoms with Crippen molar-refractivity contribution in [2.75, 3.05) is 39.7 Å². The Hall–Kier alpha value is -3.88. The number of likely N-dealkylation sites (N-methyl/N-ethyl adjacent to an activating group) is 1. The number of nitrogen functional groups attached to an aromatic ring is 1. The summed E-state index contributed by atoms with van der Waals surface area (Å²) in [6.45, 7) is 14.7. The SMILES string of the molecule is CC[C@H]1OC(=O)[C@H](C)C(=O)[C@H](C)[C@@H](O[C@@H]2OC(C)CC(N(C)C)C2O)[C@](C)(OC)C[C@@H](C)C(=O)N[C@H](C)[C@H]2N(CCCCn3cc(-c4cccc(N)c4)nn3)C(=O)O[C@]12C.CSF. The van der Waals surface area contributed by atoms with Crippen LogP contribution in [0.2, 0.25) is 0 Å². The largest absolute Gasteiger partial charge is 0.458 e. The van der Waals surface area contributed by atoms with Crippen molar-refractivity contribution in [3.8, 4) is 11.3 Å². The van der Waals surface area contributed by atoms with Crippen molar-refractivity contribution in [3.05, 3.63) is 30.5 Å². The third-order valence-electron chi connectivity index (χ3n) is 12.8. The molecule has 19 heteroatoms. The van der Waals surface area contributed by atoms with E-state index in [1.54, 1.807) is 43.3 Å². The molecule has 1 aromatic carbocycles. The normalized spacial score (nSPS) is 34.5. The van der Waals surface area contributed by atoms with Crippen molar-refractivity contribution in [1.82, 2.24) is 30.1 Å². The van der Waals surface area contributed by atoms with Gasteiger partial charge in [-0.25, -0.2) is 4.79 Å². The first kappa shape index (κ1) is 51.8. The zero-order chi connectivity index (χ0) is 47.0. The van der Waals surface area contributed by atoms with Crippen LogP contribution in [0.3, 0.4) is 0 Å². The Morgan fingerprint density at radius 1 is 1.10 bits per heavy atom. The summed E-state index contributed by atoms with van der Waals surface area (Å²) in [5, 5.41) is 23.1. The molecule has 2 amide bonds. The van der Waals surface area contributed by atoms with E-state index in [0.29, 0.717) is 37.2 Å². The highest BCUT2D eigenvalue weighted by molar-refractivity contribution is 7.93. The van der Waals surface area contributed by atoms with E-state index in [9.17, 15) is 28.2 Å². The zero-order valence-electron chi connectivity index (χ0n) is 38.9. The number of ether oxygens (including phenoxy) is 5. The molecule has 3 aliphatic heterocycles. The zero-order valence-corrected chi connectivity index (χ0v) is 39.7. The van der Waals surface area contributed by atoms with E-state index in [0.717, 1.165) is 5.56 Å². The van der Waals surface area contributed by atoms with Crippen LogP contribution < -0.4 is 11.1 Å². The van der Waals surface area contributed by atoms with Crippen LogP contribution in [0.5, 0.6) is 0 Å². The highest BCUT2D eigenvalue weighted by Crippen LogP contribution is 2.40. The van der Waals surface area contributed by atoms with Gasteiger partial charge in [0.1, 0.15) is 23.8 Å². The molecule has 4 N–H and O–H groups in total. The number of Topliss-reactive ketones (excluding diaryl/α,β-unsaturated/α-hetero) is 1. The number of esters is 1. The Kier molecular flexibility index (Phi) is 18.4. The van der Waals surface area contributed by atoms with Crippen LogP contribution >= 0.6 is 12.1 Å². The molecule has 3 fully saturated rings. The van der Waals surface area contributed by atoms with Gasteiger partial charge in [0, 0.05) is 67.7 Å². The standard InChI is InChI=1S/C43H67N7O10.CH3FS/c1-12-33-43(8)36(50(41(55)60-43)19-14-13-18-49-23-31(46-47-49)29-16-15-17-30(44)21-29)28(6)45-38(53)24(2)22-42(7,56-11)37(26(4)34(51)27(5)39(54)58-33)59-40-35(52)32(48(9)10)20-25(3)57-40;1-3-2/h15-17,21,23-28,32-33,35-37,40,52H,12-14,18-20,22,44H2,1-11H3,(H,45,53);1H3/t24-,25?,26+,27-,28-,32?,33-,35?,36-,37-,40+,42-,43-;/m1./s1. The summed E-state index contributed by atoms with van der Waals surface area (Å²) in [4.78, 5) is 59.9. The van der Waals surface area contributed by atoms with Crippen LogP contribution in [-0.2, 0) is 44.6 Å². The minimum absolute atomic E-state index is 0.0962. The first-order valence-corrected chi connectivity index (χ1v) is 22.9. The number of aryl methyl sites for hydroxylation is 1. The summed E-state index contributed by atoms with van der Waals surface area (Å²) in [7, 11) is 5.21. The van der Waals surface area contributed by atoms with Crippen molar-refractivity contribution >= 4 is 41.6 Å². The number of aliphatic hydroxyl groups is 1. The third kappa shape index (κ3) is 12.1. The van der Waals surface area contributed by atoms with Crippen molar-refractivity contribution in [2.45, 2.75) is 154 Å². The molecule has 1 aromatic heterocycles. The van der Waals surface area contributed by atoms with E-state index < -0.39 is 83.5 Å². The maximum Gasteiger partial charge on any atom is 0.410 e. The number of carbonyl (C=O) groups is 4. The van der Waals surface area contributed by atoms with Crippen molar-refractivity contribution < 1.29 is 51.9 Å². The lowest BCUT2D eigenvalue weighted by atomic mass is 9.78. The molecule has 0 bridgehead atoms. The van der Waals surface area contributed by atoms with Crippen LogP contribution in [0.25, 0.3) is 11.3 Å². The topological polar surface area (TPSA) is 210 Å². The second kappa shape index (κ2) is 22.3. The lowest BCUT2D eigenvalue weighted by molar-refractivity contribution is -0.295. The maximum atomic E-state index is 14.4. The number of aromatic nitrogens is 3. The summed E-state index contributed by atoms with van der Waals surface area (Å²) in [5.74, 6) is -4.50. The van der Waals surface area contributed by atoms with E-state index in [4.69, 9.17) is 29.4 Å². The van der Waals surface area contributed by atoms with E-state index in [-0.39, 0.29) is 49.6 Å². The fourth-order valence-corrected chi connectivity index (χ4v) is 9.34. The Morgan fingerprint density at radius 2 is 1.76 bits per heavy atom. The molecule has 63 heavy (non-hydrogen) atoms.